The van der Waals surface area contributed by atoms with Crippen LogP contribution < -0.4 is 17.3 Å². The zero-order chi connectivity index (χ0) is 10.4. The average Bonchev–Trinajstić information content (AvgIpc) is 2.26. The Hall–Kier alpha value is -0.687. The molecule has 0 aromatic heterocycles. The second-order valence-electron chi connectivity index (χ2n) is 2.92. The van der Waals surface area contributed by atoms with E-state index in [1.165, 1.54) is 0 Å². The molecule has 16 heavy (non-hydrogen) atoms. The molecule has 0 saturated heterocycles. The molecule has 0 unspecified atom stereocenters. The summed E-state index contributed by atoms with van der Waals surface area (Å²) in [6, 6.07) is 7.20. The third-order valence-corrected chi connectivity index (χ3v) is 2.08. The SMILES string of the molecule is CCN(CCO)c1ccc([N+]#N)cc1.[Cl-].[Zn]. The Balaban J connectivity index is 0. The molecule has 0 radical (unpaired) electrons. The fraction of sp³-hybridized carbons (Fsp3) is 0.400. The Morgan fingerprint density at radius 2 is 1.88 bits per heavy atom. The van der Waals surface area contributed by atoms with Crippen LogP contribution in [0.4, 0.5) is 11.4 Å². The second-order valence-corrected chi connectivity index (χ2v) is 2.92. The zero-order valence-corrected chi connectivity index (χ0v) is 13.0. The van der Waals surface area contributed by atoms with Gasteiger partial charge in [-0.25, -0.2) is 0 Å². The Bertz CT molecular complexity index is 326. The van der Waals surface area contributed by atoms with E-state index in [1.54, 1.807) is 12.1 Å². The molecule has 0 aliphatic carbocycles. The number of likely N-dealkylation sites (N-methyl/N-ethyl adjacent to an activating group) is 1. The molecular formula is C10H14ClN3OZn. The van der Waals surface area contributed by atoms with Gasteiger partial charge in [0.05, 0.1) is 6.61 Å². The van der Waals surface area contributed by atoms with Crippen molar-refractivity contribution in [3.05, 3.63) is 29.2 Å². The molecule has 0 saturated carbocycles. The molecule has 1 rings (SSSR count). The van der Waals surface area contributed by atoms with Gasteiger partial charge in [0.2, 0.25) is 5.39 Å². The van der Waals surface area contributed by atoms with E-state index in [4.69, 9.17) is 10.5 Å². The Kier molecular flexibility index (Phi) is 10.5. The second kappa shape index (κ2) is 9.53. The van der Waals surface area contributed by atoms with Gasteiger partial charge in [-0.1, -0.05) is 0 Å². The van der Waals surface area contributed by atoms with Crippen molar-refractivity contribution < 1.29 is 37.0 Å². The molecule has 0 spiro atoms. The number of benzene rings is 1. The summed E-state index contributed by atoms with van der Waals surface area (Å²) in [5, 5.41) is 17.3. The molecule has 0 aliphatic rings. The Morgan fingerprint density at radius 3 is 2.25 bits per heavy atom. The Morgan fingerprint density at radius 1 is 1.31 bits per heavy atom. The molecule has 0 bridgehead atoms. The summed E-state index contributed by atoms with van der Waals surface area (Å²) in [4.78, 5) is 5.12. The van der Waals surface area contributed by atoms with Crippen LogP contribution in [-0.4, -0.2) is 24.8 Å². The van der Waals surface area contributed by atoms with Gasteiger partial charge < -0.3 is 22.4 Å². The van der Waals surface area contributed by atoms with Crippen molar-refractivity contribution in [2.45, 2.75) is 6.92 Å². The minimum atomic E-state index is 0. The van der Waals surface area contributed by atoms with Crippen LogP contribution in [-0.2, 0) is 19.5 Å². The van der Waals surface area contributed by atoms with E-state index in [9.17, 15) is 0 Å². The zero-order valence-electron chi connectivity index (χ0n) is 9.30. The number of halogens is 1. The number of rotatable bonds is 4. The first kappa shape index (κ1) is 17.7. The fourth-order valence-corrected chi connectivity index (χ4v) is 1.32. The van der Waals surface area contributed by atoms with Gasteiger partial charge in [0.25, 0.3) is 0 Å². The van der Waals surface area contributed by atoms with Crippen LogP contribution in [0.1, 0.15) is 6.92 Å². The summed E-state index contributed by atoms with van der Waals surface area (Å²) in [5.41, 5.74) is 1.56. The van der Waals surface area contributed by atoms with E-state index >= 15 is 0 Å². The van der Waals surface area contributed by atoms with Crippen LogP contribution >= 0.6 is 0 Å². The normalized spacial score (nSPS) is 8.31. The average molecular weight is 293 g/mol. The largest absolute Gasteiger partial charge is 1.00 e. The monoisotopic (exact) mass is 291 g/mol. The van der Waals surface area contributed by atoms with E-state index < -0.39 is 0 Å². The molecule has 4 nitrogen and oxygen atoms in total. The third kappa shape index (κ3) is 4.89. The molecule has 0 aliphatic heterocycles. The van der Waals surface area contributed by atoms with Gasteiger partial charge in [-0.3, -0.25) is 0 Å². The van der Waals surface area contributed by atoms with Gasteiger partial charge in [0, 0.05) is 50.4 Å². The first-order valence-corrected chi connectivity index (χ1v) is 4.62. The molecule has 0 heterocycles. The molecule has 6 heteroatoms. The number of hydrogen-bond acceptors (Lipinski definition) is 3. The quantitative estimate of drug-likeness (QED) is 0.572. The summed E-state index contributed by atoms with van der Waals surface area (Å²) in [7, 11) is 0. The molecule has 0 fully saturated rings. The van der Waals surface area contributed by atoms with Crippen molar-refractivity contribution in [2.24, 2.45) is 0 Å². The van der Waals surface area contributed by atoms with E-state index in [-0.39, 0.29) is 38.5 Å². The van der Waals surface area contributed by atoms with Crippen molar-refractivity contribution >= 4 is 11.4 Å². The summed E-state index contributed by atoms with van der Waals surface area (Å²) in [6.45, 7) is 3.63. The van der Waals surface area contributed by atoms with E-state index in [0.29, 0.717) is 12.2 Å². The van der Waals surface area contributed by atoms with Gasteiger partial charge in [-0.15, -0.1) is 0 Å². The Labute approximate surface area is 114 Å². The summed E-state index contributed by atoms with van der Waals surface area (Å²) >= 11 is 0. The van der Waals surface area contributed by atoms with Crippen molar-refractivity contribution in [3.8, 4) is 0 Å². The first-order chi connectivity index (χ1) is 6.81. The van der Waals surface area contributed by atoms with Gasteiger partial charge in [-0.05, 0) is 19.1 Å². The number of anilines is 1. The van der Waals surface area contributed by atoms with E-state index in [2.05, 4.69) is 4.98 Å². The number of aliphatic hydroxyl groups is 1. The summed E-state index contributed by atoms with van der Waals surface area (Å²) in [5.74, 6) is 0. The van der Waals surface area contributed by atoms with Crippen molar-refractivity contribution in [1.29, 1.82) is 5.39 Å². The standard InChI is InChI=1S/C10H14N3O.ClH.Zn/c1-2-13(7-8-14)10-5-3-9(12-11)4-6-10;;/h3-6,14H,2,7-8H2,1H3;1H;/q+1;;/p-1. The van der Waals surface area contributed by atoms with E-state index in [0.717, 1.165) is 12.2 Å². The van der Waals surface area contributed by atoms with Gasteiger partial charge in [0.1, 0.15) is 0 Å². The number of nitrogens with zero attached hydrogens (tertiary/aromatic N) is 3. The molecule has 0 amide bonds. The van der Waals surface area contributed by atoms with Crippen molar-refractivity contribution in [3.63, 3.8) is 0 Å². The smallest absolute Gasteiger partial charge is 0.385 e. The van der Waals surface area contributed by atoms with E-state index in [1.807, 2.05) is 24.0 Å². The summed E-state index contributed by atoms with van der Waals surface area (Å²) < 4.78 is 0. The van der Waals surface area contributed by atoms with Crippen LogP contribution in [0.25, 0.3) is 4.98 Å². The maximum absolute atomic E-state index is 8.83. The van der Waals surface area contributed by atoms with Crippen molar-refractivity contribution in [1.82, 2.24) is 0 Å². The third-order valence-electron chi connectivity index (χ3n) is 2.08. The minimum Gasteiger partial charge on any atom is -1.00 e. The minimum absolute atomic E-state index is 0. The molecule has 84 valence electrons. The number of aliphatic hydroxyl groups excluding tert-OH is 1. The maximum Gasteiger partial charge on any atom is 0.385 e. The van der Waals surface area contributed by atoms with Gasteiger partial charge in [0.15, 0.2) is 4.98 Å². The van der Waals surface area contributed by atoms with Crippen LogP contribution in [0.3, 0.4) is 0 Å². The molecule has 1 N–H and O–H groups in total. The van der Waals surface area contributed by atoms with Crippen molar-refractivity contribution in [2.75, 3.05) is 24.6 Å². The first-order valence-electron chi connectivity index (χ1n) is 4.62. The topological polar surface area (TPSA) is 51.6 Å². The fourth-order valence-electron chi connectivity index (χ4n) is 1.32. The summed E-state index contributed by atoms with van der Waals surface area (Å²) in [6.07, 6.45) is 0. The number of diazo groups is 1. The number of hydrogen-bond donors (Lipinski definition) is 1. The van der Waals surface area contributed by atoms with Crippen LogP contribution in [0.2, 0.25) is 0 Å². The molecule has 1 aromatic carbocycles. The molecular weight excluding hydrogens is 279 g/mol. The van der Waals surface area contributed by atoms with Crippen LogP contribution in [0, 0.1) is 5.39 Å². The van der Waals surface area contributed by atoms with Crippen LogP contribution in [0.15, 0.2) is 24.3 Å². The molecule has 0 atom stereocenters. The molecule has 1 aromatic rings. The maximum atomic E-state index is 8.83. The predicted octanol–water partition coefficient (Wildman–Crippen LogP) is -1.01. The van der Waals surface area contributed by atoms with Gasteiger partial charge in [-0.2, -0.15) is 0 Å². The van der Waals surface area contributed by atoms with Gasteiger partial charge >= 0.3 is 5.69 Å². The predicted molar refractivity (Wildman–Crippen MR) is 56.2 cm³/mol. The van der Waals surface area contributed by atoms with Crippen LogP contribution in [0.5, 0.6) is 0 Å².